The van der Waals surface area contributed by atoms with Gasteiger partial charge in [0, 0.05) is 0 Å². The molecule has 6 heteroatoms. The van der Waals surface area contributed by atoms with Gasteiger partial charge >= 0.3 is 5.76 Å². The minimum atomic E-state index is -0.489. The number of oxazole rings is 1. The molecule has 0 aliphatic carbocycles. The normalized spacial score (nSPS) is 13.0. The van der Waals surface area contributed by atoms with E-state index in [1.807, 2.05) is 0 Å². The van der Waals surface area contributed by atoms with Crippen LogP contribution in [0, 0.1) is 0 Å². The molecule has 3 rings (SSSR count). The summed E-state index contributed by atoms with van der Waals surface area (Å²) in [7, 11) is 0. The minimum Gasteiger partial charge on any atom is -0.448 e. The fraction of sp³-hybridized carbons (Fsp3) is 0.0833. The molecule has 0 amide bonds. The first-order valence-corrected chi connectivity index (χ1v) is 5.65. The number of nitrogens with two attached hydrogens (primary N) is 1. The van der Waals surface area contributed by atoms with Crippen molar-refractivity contribution in [2.24, 2.45) is 5.73 Å². The number of benzene rings is 1. The van der Waals surface area contributed by atoms with Crippen LogP contribution in [-0.4, -0.2) is 4.98 Å². The largest absolute Gasteiger partial charge is 0.448 e. The number of halogens is 1. The highest BCUT2D eigenvalue weighted by molar-refractivity contribution is 6.28. The molecule has 0 fully saturated rings. The molecule has 1 aromatic carbocycles. The summed E-state index contributed by atoms with van der Waals surface area (Å²) in [6.45, 7) is 0. The second-order valence-corrected chi connectivity index (χ2v) is 4.26. The zero-order chi connectivity index (χ0) is 12.7. The van der Waals surface area contributed by atoms with Gasteiger partial charge in [-0.25, -0.2) is 4.79 Å². The lowest BCUT2D eigenvalue weighted by Crippen LogP contribution is -2.10. The van der Waals surface area contributed by atoms with Crippen molar-refractivity contribution >= 4 is 22.7 Å². The van der Waals surface area contributed by atoms with E-state index in [2.05, 4.69) is 4.98 Å². The molecule has 18 heavy (non-hydrogen) atoms. The van der Waals surface area contributed by atoms with Gasteiger partial charge in [-0.3, -0.25) is 4.98 Å². The van der Waals surface area contributed by atoms with E-state index in [1.54, 1.807) is 30.3 Å². The second-order valence-electron chi connectivity index (χ2n) is 3.89. The molecule has 3 N–H and O–H groups in total. The summed E-state index contributed by atoms with van der Waals surface area (Å²) in [5, 5.41) is 0.287. The molecule has 3 aromatic rings. The number of H-pyrrole nitrogens is 1. The molecule has 92 valence electrons. The number of hydrogen-bond acceptors (Lipinski definition) is 4. The lowest BCUT2D eigenvalue weighted by Gasteiger charge is -2.08. The molecule has 0 radical (unpaired) electrons. The Balaban J connectivity index is 2.05. The number of aromatic amines is 1. The fourth-order valence-electron chi connectivity index (χ4n) is 1.82. The first-order chi connectivity index (χ1) is 8.63. The van der Waals surface area contributed by atoms with E-state index in [0.29, 0.717) is 16.9 Å². The van der Waals surface area contributed by atoms with E-state index in [1.165, 1.54) is 0 Å². The van der Waals surface area contributed by atoms with Gasteiger partial charge in [-0.2, -0.15) is 0 Å². The van der Waals surface area contributed by atoms with Crippen LogP contribution in [0.2, 0.25) is 5.22 Å². The van der Waals surface area contributed by atoms with Crippen molar-refractivity contribution in [2.45, 2.75) is 6.04 Å². The van der Waals surface area contributed by atoms with Crippen LogP contribution < -0.4 is 11.5 Å². The highest BCUT2D eigenvalue weighted by Crippen LogP contribution is 2.25. The summed E-state index contributed by atoms with van der Waals surface area (Å²) >= 11 is 5.70. The van der Waals surface area contributed by atoms with Crippen LogP contribution in [-0.2, 0) is 0 Å². The number of hydrogen-bond donors (Lipinski definition) is 2. The Labute approximate surface area is 106 Å². The van der Waals surface area contributed by atoms with Crippen molar-refractivity contribution in [2.75, 3.05) is 0 Å². The van der Waals surface area contributed by atoms with Crippen LogP contribution in [0.4, 0.5) is 0 Å². The second kappa shape index (κ2) is 4.04. The van der Waals surface area contributed by atoms with Gasteiger partial charge in [0.25, 0.3) is 0 Å². The molecule has 0 aliphatic heterocycles. The lowest BCUT2D eigenvalue weighted by molar-refractivity contribution is 0.491. The number of aromatic nitrogens is 1. The van der Waals surface area contributed by atoms with E-state index < -0.39 is 11.8 Å². The molecule has 1 atom stereocenters. The molecule has 0 saturated heterocycles. The molecular weight excluding hydrogens is 256 g/mol. The summed E-state index contributed by atoms with van der Waals surface area (Å²) in [4.78, 5) is 13.6. The van der Waals surface area contributed by atoms with Crippen molar-refractivity contribution in [3.63, 3.8) is 0 Å². The quantitative estimate of drug-likeness (QED) is 0.744. The van der Waals surface area contributed by atoms with Gasteiger partial charge in [-0.05, 0) is 41.4 Å². The maximum Gasteiger partial charge on any atom is 0.417 e. The molecule has 5 nitrogen and oxygen atoms in total. The molecule has 1 unspecified atom stereocenters. The fourth-order valence-corrected chi connectivity index (χ4v) is 1.97. The average molecular weight is 265 g/mol. The van der Waals surface area contributed by atoms with Crippen molar-refractivity contribution in [3.8, 4) is 0 Å². The molecule has 2 aromatic heterocycles. The highest BCUT2D eigenvalue weighted by Gasteiger charge is 2.14. The van der Waals surface area contributed by atoms with Gasteiger partial charge in [0.15, 0.2) is 10.8 Å². The van der Waals surface area contributed by atoms with Crippen LogP contribution in [0.1, 0.15) is 17.4 Å². The first-order valence-electron chi connectivity index (χ1n) is 5.27. The zero-order valence-electron chi connectivity index (χ0n) is 9.14. The van der Waals surface area contributed by atoms with Crippen LogP contribution in [0.3, 0.4) is 0 Å². The number of fused-ring (bicyclic) bond motifs is 1. The smallest absolute Gasteiger partial charge is 0.417 e. The van der Waals surface area contributed by atoms with Gasteiger partial charge in [0.05, 0.1) is 11.6 Å². The summed E-state index contributed by atoms with van der Waals surface area (Å²) in [6, 6.07) is 8.13. The predicted molar refractivity (Wildman–Crippen MR) is 66.6 cm³/mol. The summed E-state index contributed by atoms with van der Waals surface area (Å²) in [6.07, 6.45) is 0. The van der Waals surface area contributed by atoms with Crippen LogP contribution in [0.25, 0.3) is 11.1 Å². The lowest BCUT2D eigenvalue weighted by atomic mass is 10.1. The van der Waals surface area contributed by atoms with Crippen molar-refractivity contribution in [3.05, 3.63) is 57.4 Å². The summed E-state index contributed by atoms with van der Waals surface area (Å²) in [5.41, 5.74) is 7.92. The Bertz CT molecular complexity index is 756. The Morgan fingerprint density at radius 3 is 2.78 bits per heavy atom. The molecule has 0 saturated carbocycles. The topological polar surface area (TPSA) is 85.2 Å². The van der Waals surface area contributed by atoms with E-state index in [0.717, 1.165) is 5.56 Å². The third kappa shape index (κ3) is 1.83. The van der Waals surface area contributed by atoms with Crippen molar-refractivity contribution in [1.29, 1.82) is 0 Å². The van der Waals surface area contributed by atoms with E-state index in [-0.39, 0.29) is 5.22 Å². The molecule has 0 aliphatic rings. The van der Waals surface area contributed by atoms with Gasteiger partial charge < -0.3 is 14.6 Å². The predicted octanol–water partition coefficient (Wildman–Crippen LogP) is 2.42. The first kappa shape index (κ1) is 11.1. The van der Waals surface area contributed by atoms with Gasteiger partial charge in [-0.1, -0.05) is 6.07 Å². The monoisotopic (exact) mass is 264 g/mol. The van der Waals surface area contributed by atoms with Gasteiger partial charge in [-0.15, -0.1) is 0 Å². The van der Waals surface area contributed by atoms with E-state index >= 15 is 0 Å². The van der Waals surface area contributed by atoms with E-state index in [9.17, 15) is 4.79 Å². The third-order valence-electron chi connectivity index (χ3n) is 2.70. The van der Waals surface area contributed by atoms with Crippen LogP contribution in [0.5, 0.6) is 0 Å². The third-order valence-corrected chi connectivity index (χ3v) is 2.91. The maximum atomic E-state index is 11.1. The van der Waals surface area contributed by atoms with E-state index in [4.69, 9.17) is 26.2 Å². The number of rotatable bonds is 2. The Hall–Kier alpha value is -1.98. The summed E-state index contributed by atoms with van der Waals surface area (Å²) in [5.74, 6) is 0.0639. The Morgan fingerprint density at radius 1 is 1.22 bits per heavy atom. The molecule has 0 bridgehead atoms. The standard InChI is InChI=1S/C12H9ClN2O3/c13-10-4-3-8(17-10)11(14)6-1-2-7-9(5-6)18-12(16)15-7/h1-5,11H,14H2,(H,15,16). The Kier molecular flexibility index (Phi) is 2.50. The van der Waals surface area contributed by atoms with Crippen LogP contribution >= 0.6 is 11.6 Å². The SMILES string of the molecule is NC(c1ccc2[nH]c(=O)oc2c1)c1ccc(Cl)o1. The minimum absolute atomic E-state index is 0.287. The van der Waals surface area contributed by atoms with Crippen molar-refractivity contribution < 1.29 is 8.83 Å². The molecule has 2 heterocycles. The zero-order valence-corrected chi connectivity index (χ0v) is 9.90. The van der Waals surface area contributed by atoms with Gasteiger partial charge in [0.2, 0.25) is 0 Å². The Morgan fingerprint density at radius 2 is 2.06 bits per heavy atom. The van der Waals surface area contributed by atoms with Crippen molar-refractivity contribution in [1.82, 2.24) is 4.98 Å². The van der Waals surface area contributed by atoms with Gasteiger partial charge in [0.1, 0.15) is 5.76 Å². The summed E-state index contributed by atoms with van der Waals surface area (Å²) < 4.78 is 10.2. The average Bonchev–Trinajstić information content (AvgIpc) is 2.92. The molecular formula is C12H9ClN2O3. The van der Waals surface area contributed by atoms with Crippen LogP contribution in [0.15, 0.2) is 44.0 Å². The number of nitrogens with one attached hydrogen (secondary N) is 1. The molecule has 0 spiro atoms. The maximum absolute atomic E-state index is 11.1. The number of furan rings is 1. The highest BCUT2D eigenvalue weighted by atomic mass is 35.5.